The first-order valence-corrected chi connectivity index (χ1v) is 8.51. The van der Waals surface area contributed by atoms with Gasteiger partial charge in [-0.05, 0) is 48.9 Å². The maximum Gasteiger partial charge on any atom is 0.258 e. The summed E-state index contributed by atoms with van der Waals surface area (Å²) in [7, 11) is 0. The van der Waals surface area contributed by atoms with E-state index in [-0.39, 0.29) is 5.56 Å². The molecule has 2 aromatic heterocycles. The SMILES string of the molecule is Cc1ccc2nc(CN[C@@H]3CCCc4ccccc43)cc(=O)n2c1. The Morgan fingerprint density at radius 3 is 3.04 bits per heavy atom. The molecule has 4 rings (SSSR count). The van der Waals surface area contributed by atoms with Crippen LogP contribution in [0.2, 0.25) is 0 Å². The van der Waals surface area contributed by atoms with Crippen LogP contribution < -0.4 is 10.9 Å². The number of benzene rings is 1. The van der Waals surface area contributed by atoms with Gasteiger partial charge in [0.25, 0.3) is 5.56 Å². The minimum Gasteiger partial charge on any atom is -0.304 e. The molecular formula is C20H21N3O. The van der Waals surface area contributed by atoms with Gasteiger partial charge in [-0.25, -0.2) is 4.98 Å². The predicted octanol–water partition coefficient (Wildman–Crippen LogP) is 3.17. The summed E-state index contributed by atoms with van der Waals surface area (Å²) in [4.78, 5) is 16.9. The molecule has 0 amide bonds. The van der Waals surface area contributed by atoms with Gasteiger partial charge in [-0.2, -0.15) is 0 Å². The third-order valence-corrected chi connectivity index (χ3v) is 4.76. The summed E-state index contributed by atoms with van der Waals surface area (Å²) < 4.78 is 1.61. The Kier molecular flexibility index (Phi) is 3.90. The quantitative estimate of drug-likeness (QED) is 0.806. The van der Waals surface area contributed by atoms with Gasteiger partial charge >= 0.3 is 0 Å². The molecule has 1 aliphatic carbocycles. The zero-order chi connectivity index (χ0) is 16.5. The fourth-order valence-corrected chi connectivity index (χ4v) is 3.54. The van der Waals surface area contributed by atoms with E-state index >= 15 is 0 Å². The largest absolute Gasteiger partial charge is 0.304 e. The van der Waals surface area contributed by atoms with Crippen LogP contribution >= 0.6 is 0 Å². The normalized spacial score (nSPS) is 17.0. The molecule has 122 valence electrons. The molecule has 0 fully saturated rings. The second kappa shape index (κ2) is 6.21. The van der Waals surface area contributed by atoms with Crippen LogP contribution in [0.3, 0.4) is 0 Å². The smallest absolute Gasteiger partial charge is 0.258 e. The lowest BCUT2D eigenvalue weighted by molar-refractivity contribution is 0.456. The van der Waals surface area contributed by atoms with Crippen LogP contribution in [-0.2, 0) is 13.0 Å². The number of pyridine rings is 1. The minimum atomic E-state index is -0.0236. The van der Waals surface area contributed by atoms with Crippen molar-refractivity contribution in [3.63, 3.8) is 0 Å². The van der Waals surface area contributed by atoms with Gasteiger partial charge in [-0.1, -0.05) is 30.3 Å². The monoisotopic (exact) mass is 319 g/mol. The molecule has 0 saturated heterocycles. The van der Waals surface area contributed by atoms with Crippen LogP contribution in [0.4, 0.5) is 0 Å². The Morgan fingerprint density at radius 2 is 2.12 bits per heavy atom. The van der Waals surface area contributed by atoms with Gasteiger partial charge in [0.1, 0.15) is 5.65 Å². The van der Waals surface area contributed by atoms with Crippen LogP contribution in [0.15, 0.2) is 53.5 Å². The molecule has 1 aromatic carbocycles. The second-order valence-electron chi connectivity index (χ2n) is 6.54. The van der Waals surface area contributed by atoms with Crippen molar-refractivity contribution in [2.45, 2.75) is 38.8 Å². The molecule has 0 aliphatic heterocycles. The minimum absolute atomic E-state index is 0.0236. The lowest BCUT2D eigenvalue weighted by Crippen LogP contribution is -2.26. The highest BCUT2D eigenvalue weighted by molar-refractivity contribution is 5.40. The highest BCUT2D eigenvalue weighted by Crippen LogP contribution is 2.29. The molecule has 0 bridgehead atoms. The molecule has 3 aromatic rings. The maximum atomic E-state index is 12.3. The van der Waals surface area contributed by atoms with E-state index in [1.165, 1.54) is 17.5 Å². The average Bonchev–Trinajstić information content (AvgIpc) is 2.60. The van der Waals surface area contributed by atoms with Crippen molar-refractivity contribution in [1.82, 2.24) is 14.7 Å². The highest BCUT2D eigenvalue weighted by Gasteiger charge is 2.19. The van der Waals surface area contributed by atoms with E-state index in [1.807, 2.05) is 25.3 Å². The van der Waals surface area contributed by atoms with Gasteiger partial charge in [0.05, 0.1) is 5.69 Å². The number of nitrogens with one attached hydrogen (secondary N) is 1. The molecule has 4 heteroatoms. The molecule has 0 unspecified atom stereocenters. The summed E-state index contributed by atoms with van der Waals surface area (Å²) in [6.45, 7) is 2.58. The van der Waals surface area contributed by atoms with E-state index in [0.717, 1.165) is 24.1 Å². The average molecular weight is 319 g/mol. The molecule has 1 aliphatic rings. The van der Waals surface area contributed by atoms with Crippen molar-refractivity contribution in [2.24, 2.45) is 0 Å². The maximum absolute atomic E-state index is 12.3. The second-order valence-corrected chi connectivity index (χ2v) is 6.54. The first kappa shape index (κ1) is 15.1. The molecule has 2 heterocycles. The van der Waals surface area contributed by atoms with Gasteiger partial charge in [0.2, 0.25) is 0 Å². The third-order valence-electron chi connectivity index (χ3n) is 4.76. The van der Waals surface area contributed by atoms with Crippen LogP contribution in [0.5, 0.6) is 0 Å². The molecule has 0 spiro atoms. The first-order chi connectivity index (χ1) is 11.7. The van der Waals surface area contributed by atoms with E-state index in [0.29, 0.717) is 18.2 Å². The fourth-order valence-electron chi connectivity index (χ4n) is 3.54. The van der Waals surface area contributed by atoms with Crippen molar-refractivity contribution in [3.8, 4) is 0 Å². The number of rotatable bonds is 3. The lowest BCUT2D eigenvalue weighted by Gasteiger charge is -2.26. The number of hydrogen-bond acceptors (Lipinski definition) is 3. The summed E-state index contributed by atoms with van der Waals surface area (Å²) in [5.41, 5.74) is 5.35. The summed E-state index contributed by atoms with van der Waals surface area (Å²) in [6.07, 6.45) is 5.31. The van der Waals surface area contributed by atoms with E-state index in [9.17, 15) is 4.79 Å². The number of fused-ring (bicyclic) bond motifs is 2. The van der Waals surface area contributed by atoms with Crippen LogP contribution in [-0.4, -0.2) is 9.38 Å². The van der Waals surface area contributed by atoms with Gasteiger partial charge in [-0.3, -0.25) is 9.20 Å². The highest BCUT2D eigenvalue weighted by atomic mass is 16.1. The van der Waals surface area contributed by atoms with E-state index in [1.54, 1.807) is 10.5 Å². The van der Waals surface area contributed by atoms with E-state index < -0.39 is 0 Å². The summed E-state index contributed by atoms with van der Waals surface area (Å²) in [5, 5.41) is 3.59. The molecule has 0 radical (unpaired) electrons. The zero-order valence-corrected chi connectivity index (χ0v) is 13.8. The van der Waals surface area contributed by atoms with E-state index in [4.69, 9.17) is 0 Å². The summed E-state index contributed by atoms with van der Waals surface area (Å²) in [5.74, 6) is 0. The summed E-state index contributed by atoms with van der Waals surface area (Å²) in [6, 6.07) is 14.5. The lowest BCUT2D eigenvalue weighted by atomic mass is 9.88. The Balaban J connectivity index is 1.58. The zero-order valence-electron chi connectivity index (χ0n) is 13.8. The first-order valence-electron chi connectivity index (χ1n) is 8.51. The topological polar surface area (TPSA) is 46.4 Å². The van der Waals surface area contributed by atoms with Crippen LogP contribution in [0.1, 0.15) is 41.3 Å². The van der Waals surface area contributed by atoms with Crippen molar-refractivity contribution >= 4 is 5.65 Å². The Bertz CT molecular complexity index is 945. The fraction of sp³-hybridized carbons (Fsp3) is 0.300. The Labute approximate surface area is 141 Å². The van der Waals surface area contributed by atoms with Crippen molar-refractivity contribution < 1.29 is 0 Å². The van der Waals surface area contributed by atoms with Gasteiger partial charge in [-0.15, -0.1) is 0 Å². The van der Waals surface area contributed by atoms with E-state index in [2.05, 4.69) is 34.6 Å². The standard InChI is InChI=1S/C20H21N3O/c1-14-9-10-19-22-16(11-20(24)23(19)13-14)12-21-18-8-4-6-15-5-2-3-7-17(15)18/h2-3,5,7,9-11,13,18,21H,4,6,8,12H2,1H3/t18-/m1/s1. The molecule has 1 atom stereocenters. The van der Waals surface area contributed by atoms with Gasteiger partial charge in [0.15, 0.2) is 0 Å². The molecule has 24 heavy (non-hydrogen) atoms. The Morgan fingerprint density at radius 1 is 1.25 bits per heavy atom. The summed E-state index contributed by atoms with van der Waals surface area (Å²) >= 11 is 0. The van der Waals surface area contributed by atoms with Crippen molar-refractivity contribution in [3.05, 3.63) is 81.4 Å². The van der Waals surface area contributed by atoms with Crippen molar-refractivity contribution in [2.75, 3.05) is 0 Å². The number of hydrogen-bond donors (Lipinski definition) is 1. The predicted molar refractivity (Wildman–Crippen MR) is 95.2 cm³/mol. The number of aryl methyl sites for hydroxylation is 2. The van der Waals surface area contributed by atoms with Crippen LogP contribution in [0, 0.1) is 6.92 Å². The molecule has 0 saturated carbocycles. The van der Waals surface area contributed by atoms with Crippen LogP contribution in [0.25, 0.3) is 5.65 Å². The molecular weight excluding hydrogens is 298 g/mol. The van der Waals surface area contributed by atoms with Crippen molar-refractivity contribution in [1.29, 1.82) is 0 Å². The Hall–Kier alpha value is -2.46. The van der Waals surface area contributed by atoms with Gasteiger partial charge < -0.3 is 5.32 Å². The number of aromatic nitrogens is 2. The number of nitrogens with zero attached hydrogens (tertiary/aromatic N) is 2. The third kappa shape index (κ3) is 2.85. The molecule has 1 N–H and O–H groups in total. The van der Waals surface area contributed by atoms with Gasteiger partial charge in [0, 0.05) is 24.8 Å². The molecule has 4 nitrogen and oxygen atoms in total.